The van der Waals surface area contributed by atoms with E-state index in [-0.39, 0.29) is 19.1 Å². The number of rotatable bonds is 5. The summed E-state index contributed by atoms with van der Waals surface area (Å²) in [6.45, 7) is 1.68. The second-order valence-electron chi connectivity index (χ2n) is 3.35. The summed E-state index contributed by atoms with van der Waals surface area (Å²) in [5.41, 5.74) is 0. The minimum absolute atomic E-state index is 0.111. The Morgan fingerprint density at radius 3 is 2.82 bits per heavy atom. The van der Waals surface area contributed by atoms with Crippen LogP contribution < -0.4 is 10.1 Å². The third-order valence-electron chi connectivity index (χ3n) is 1.98. The lowest BCUT2D eigenvalue weighted by Crippen LogP contribution is -2.37. The molecular weight excluding hydrogens is 265 g/mol. The van der Waals surface area contributed by atoms with Crippen LogP contribution in [0.3, 0.4) is 0 Å². The first-order valence-electron chi connectivity index (χ1n) is 5.05. The first-order chi connectivity index (χ1) is 8.04. The Bertz CT molecular complexity index is 398. The molecule has 0 spiro atoms. The molecule has 0 heterocycles. The van der Waals surface area contributed by atoms with Crippen molar-refractivity contribution in [2.45, 2.75) is 13.0 Å². The molecule has 0 aromatic heterocycles. The van der Waals surface area contributed by atoms with E-state index in [1.807, 2.05) is 0 Å². The Morgan fingerprint density at radius 2 is 2.24 bits per heavy atom. The van der Waals surface area contributed by atoms with Crippen molar-refractivity contribution in [2.24, 2.45) is 0 Å². The minimum Gasteiger partial charge on any atom is -0.479 e. The number of nitrogens with one attached hydrogen (secondary N) is 1. The highest BCUT2D eigenvalue weighted by atomic mass is 35.5. The summed E-state index contributed by atoms with van der Waals surface area (Å²) in [6.07, 6.45) is -0.694. The van der Waals surface area contributed by atoms with E-state index in [4.69, 9.17) is 33.0 Å². The topological polar surface area (TPSA) is 58.6 Å². The van der Waals surface area contributed by atoms with Crippen LogP contribution >= 0.6 is 23.2 Å². The summed E-state index contributed by atoms with van der Waals surface area (Å²) in [4.78, 5) is 11.5. The highest BCUT2D eigenvalue weighted by Crippen LogP contribution is 2.28. The van der Waals surface area contributed by atoms with Gasteiger partial charge in [0, 0.05) is 11.6 Å². The van der Waals surface area contributed by atoms with E-state index in [9.17, 15) is 4.79 Å². The number of ether oxygens (including phenoxy) is 1. The normalized spacial score (nSPS) is 12.0. The maximum absolute atomic E-state index is 11.5. The lowest BCUT2D eigenvalue weighted by atomic mass is 10.3. The maximum Gasteiger partial charge on any atom is 0.260 e. The Hall–Kier alpha value is -0.970. The van der Waals surface area contributed by atoms with Crippen LogP contribution in [0, 0.1) is 0 Å². The van der Waals surface area contributed by atoms with Crippen molar-refractivity contribution in [3.63, 3.8) is 0 Å². The second kappa shape index (κ2) is 6.69. The van der Waals surface area contributed by atoms with Crippen LogP contribution in [0.25, 0.3) is 0 Å². The van der Waals surface area contributed by atoms with Crippen molar-refractivity contribution in [1.29, 1.82) is 0 Å². The number of halogens is 2. The molecule has 1 aromatic carbocycles. The zero-order chi connectivity index (χ0) is 12.8. The van der Waals surface area contributed by atoms with Gasteiger partial charge < -0.3 is 15.2 Å². The molecule has 0 unspecified atom stereocenters. The van der Waals surface area contributed by atoms with Crippen molar-refractivity contribution in [3.05, 3.63) is 28.2 Å². The average molecular weight is 278 g/mol. The van der Waals surface area contributed by atoms with Gasteiger partial charge in [0.15, 0.2) is 6.10 Å². The van der Waals surface area contributed by atoms with Gasteiger partial charge in [-0.15, -0.1) is 0 Å². The van der Waals surface area contributed by atoms with Crippen molar-refractivity contribution < 1.29 is 14.6 Å². The molecule has 0 saturated carbocycles. The molecule has 0 radical (unpaired) electrons. The predicted molar refractivity (Wildman–Crippen MR) is 66.6 cm³/mol. The van der Waals surface area contributed by atoms with Gasteiger partial charge in [-0.3, -0.25) is 4.79 Å². The number of carbonyl (C=O) groups is 1. The molecule has 1 amide bonds. The fraction of sp³-hybridized carbons (Fsp3) is 0.364. The first kappa shape index (κ1) is 14.1. The van der Waals surface area contributed by atoms with Crippen LogP contribution in [0.2, 0.25) is 10.0 Å². The molecule has 0 bridgehead atoms. The summed E-state index contributed by atoms with van der Waals surface area (Å²) in [5.74, 6) is 0.0766. The molecule has 0 aliphatic carbocycles. The quantitative estimate of drug-likeness (QED) is 0.864. The average Bonchev–Trinajstić information content (AvgIpc) is 2.29. The van der Waals surface area contributed by atoms with Crippen LogP contribution in [0.15, 0.2) is 18.2 Å². The maximum atomic E-state index is 11.5. The minimum atomic E-state index is -0.694. The van der Waals surface area contributed by atoms with E-state index < -0.39 is 6.10 Å². The first-order valence-corrected chi connectivity index (χ1v) is 5.80. The molecule has 2 N–H and O–H groups in total. The highest BCUT2D eigenvalue weighted by Gasteiger charge is 2.15. The summed E-state index contributed by atoms with van der Waals surface area (Å²) in [5, 5.41) is 11.9. The molecule has 0 fully saturated rings. The van der Waals surface area contributed by atoms with Crippen molar-refractivity contribution in [1.82, 2.24) is 5.32 Å². The molecule has 4 nitrogen and oxygen atoms in total. The fourth-order valence-electron chi connectivity index (χ4n) is 1.14. The fourth-order valence-corrected chi connectivity index (χ4v) is 1.59. The molecule has 0 saturated heterocycles. The number of aliphatic hydroxyl groups is 1. The van der Waals surface area contributed by atoms with Crippen LogP contribution in [0.1, 0.15) is 6.92 Å². The van der Waals surface area contributed by atoms with E-state index in [1.165, 1.54) is 6.07 Å². The largest absolute Gasteiger partial charge is 0.479 e. The van der Waals surface area contributed by atoms with E-state index in [1.54, 1.807) is 19.1 Å². The van der Waals surface area contributed by atoms with E-state index in [0.717, 1.165) is 0 Å². The molecule has 1 rings (SSSR count). The third kappa shape index (κ3) is 4.42. The summed E-state index contributed by atoms with van der Waals surface area (Å²) >= 11 is 11.6. The lowest BCUT2D eigenvalue weighted by Gasteiger charge is -2.15. The van der Waals surface area contributed by atoms with Crippen molar-refractivity contribution in [2.75, 3.05) is 13.2 Å². The zero-order valence-corrected chi connectivity index (χ0v) is 10.8. The number of hydrogen-bond acceptors (Lipinski definition) is 3. The van der Waals surface area contributed by atoms with Gasteiger partial charge >= 0.3 is 0 Å². The van der Waals surface area contributed by atoms with Gasteiger partial charge in [-0.25, -0.2) is 0 Å². The molecule has 0 aliphatic rings. The number of aliphatic hydroxyl groups excluding tert-OH is 1. The second-order valence-corrected chi connectivity index (χ2v) is 4.19. The Balaban J connectivity index is 2.61. The molecule has 6 heteroatoms. The lowest BCUT2D eigenvalue weighted by molar-refractivity contribution is -0.127. The molecular formula is C11H13Cl2NO3. The van der Waals surface area contributed by atoms with E-state index in [0.29, 0.717) is 15.8 Å². The smallest absolute Gasteiger partial charge is 0.260 e. The summed E-state index contributed by atoms with van der Waals surface area (Å²) < 4.78 is 5.37. The summed E-state index contributed by atoms with van der Waals surface area (Å²) in [7, 11) is 0. The molecule has 94 valence electrons. The molecule has 0 aliphatic heterocycles. The Kier molecular flexibility index (Phi) is 5.55. The highest BCUT2D eigenvalue weighted by molar-refractivity contribution is 6.35. The van der Waals surface area contributed by atoms with Gasteiger partial charge in [0.2, 0.25) is 0 Å². The number of amides is 1. The molecule has 1 aromatic rings. The monoisotopic (exact) mass is 277 g/mol. The number of benzene rings is 1. The van der Waals surface area contributed by atoms with Crippen LogP contribution in [-0.4, -0.2) is 30.3 Å². The van der Waals surface area contributed by atoms with Gasteiger partial charge in [-0.2, -0.15) is 0 Å². The zero-order valence-electron chi connectivity index (χ0n) is 9.24. The van der Waals surface area contributed by atoms with Gasteiger partial charge in [0.05, 0.1) is 11.6 Å². The van der Waals surface area contributed by atoms with Gasteiger partial charge in [-0.05, 0) is 25.1 Å². The van der Waals surface area contributed by atoms with Crippen LogP contribution in [0.4, 0.5) is 0 Å². The standard InChI is InChI=1S/C11H13Cl2NO3/c1-7(11(16)14-4-5-15)17-10-3-2-8(12)6-9(10)13/h2-3,6-7,15H,4-5H2,1H3,(H,14,16)/t7-/m0/s1. The summed E-state index contributed by atoms with van der Waals surface area (Å²) in [6, 6.07) is 4.76. The van der Waals surface area contributed by atoms with Gasteiger partial charge in [0.25, 0.3) is 5.91 Å². The Labute approximate surface area is 109 Å². The number of hydrogen-bond donors (Lipinski definition) is 2. The Morgan fingerprint density at radius 1 is 1.53 bits per heavy atom. The van der Waals surface area contributed by atoms with Crippen LogP contribution in [0.5, 0.6) is 5.75 Å². The van der Waals surface area contributed by atoms with E-state index >= 15 is 0 Å². The van der Waals surface area contributed by atoms with Crippen molar-refractivity contribution in [3.8, 4) is 5.75 Å². The van der Waals surface area contributed by atoms with Crippen LogP contribution in [-0.2, 0) is 4.79 Å². The predicted octanol–water partition coefficient (Wildman–Crippen LogP) is 1.87. The van der Waals surface area contributed by atoms with Gasteiger partial charge in [0.1, 0.15) is 5.75 Å². The molecule has 1 atom stereocenters. The molecule has 17 heavy (non-hydrogen) atoms. The SMILES string of the molecule is C[C@H](Oc1ccc(Cl)cc1Cl)C(=O)NCCO. The van der Waals surface area contributed by atoms with E-state index in [2.05, 4.69) is 5.32 Å². The van der Waals surface area contributed by atoms with Gasteiger partial charge in [-0.1, -0.05) is 23.2 Å². The van der Waals surface area contributed by atoms with Crippen molar-refractivity contribution >= 4 is 29.1 Å². The third-order valence-corrected chi connectivity index (χ3v) is 2.51. The number of carbonyl (C=O) groups excluding carboxylic acids is 1.